The molecule has 1 fully saturated rings. The molecule has 0 radical (unpaired) electrons. The van der Waals surface area contributed by atoms with Crippen molar-refractivity contribution in [3.63, 3.8) is 0 Å². The van der Waals surface area contributed by atoms with E-state index >= 15 is 0 Å². The Morgan fingerprint density at radius 3 is 2.82 bits per heavy atom. The van der Waals surface area contributed by atoms with E-state index in [1.165, 1.54) is 13.2 Å². The summed E-state index contributed by atoms with van der Waals surface area (Å²) in [5.74, 6) is 0.575. The molecule has 2 aromatic heterocycles. The van der Waals surface area contributed by atoms with Crippen LogP contribution < -0.4 is 10.1 Å². The number of methoxy groups -OCH3 is 1. The SMILES string of the molecule is COc1cccc(F)c1CNc1nc(C(=O)N2CCC2)cc2c(C)c(C)[nH]c12. The highest BCUT2D eigenvalue weighted by Gasteiger charge is 2.24. The first-order valence-corrected chi connectivity index (χ1v) is 9.34. The molecule has 1 amide bonds. The van der Waals surface area contributed by atoms with Gasteiger partial charge in [-0.1, -0.05) is 6.07 Å². The molecule has 1 aliphatic heterocycles. The third kappa shape index (κ3) is 3.06. The first-order chi connectivity index (χ1) is 13.5. The highest BCUT2D eigenvalue weighted by molar-refractivity contribution is 6.00. The predicted molar refractivity (Wildman–Crippen MR) is 106 cm³/mol. The number of rotatable bonds is 5. The molecule has 0 atom stereocenters. The third-order valence-electron chi connectivity index (χ3n) is 5.39. The summed E-state index contributed by atoms with van der Waals surface area (Å²) in [6.07, 6.45) is 1.02. The molecule has 1 aliphatic rings. The third-order valence-corrected chi connectivity index (χ3v) is 5.39. The number of aromatic amines is 1. The number of hydrogen-bond donors (Lipinski definition) is 2. The van der Waals surface area contributed by atoms with Crippen LogP contribution in [0.4, 0.5) is 10.2 Å². The van der Waals surface area contributed by atoms with E-state index in [0.29, 0.717) is 22.8 Å². The van der Waals surface area contributed by atoms with E-state index in [-0.39, 0.29) is 18.3 Å². The van der Waals surface area contributed by atoms with Gasteiger partial charge in [0.05, 0.1) is 12.6 Å². The second-order valence-corrected chi connectivity index (χ2v) is 7.07. The maximum atomic E-state index is 14.3. The molecule has 146 valence electrons. The van der Waals surface area contributed by atoms with E-state index in [1.54, 1.807) is 17.0 Å². The normalized spacial score (nSPS) is 13.5. The van der Waals surface area contributed by atoms with Gasteiger partial charge in [-0.05, 0) is 44.0 Å². The molecule has 1 saturated heterocycles. The zero-order valence-electron chi connectivity index (χ0n) is 16.2. The average Bonchev–Trinajstić information content (AvgIpc) is 2.93. The van der Waals surface area contributed by atoms with Crippen molar-refractivity contribution >= 4 is 22.6 Å². The summed E-state index contributed by atoms with van der Waals surface area (Å²) in [5.41, 5.74) is 3.71. The molecule has 3 heterocycles. The van der Waals surface area contributed by atoms with Crippen molar-refractivity contribution in [2.45, 2.75) is 26.8 Å². The Kier molecular flexibility index (Phi) is 4.66. The summed E-state index contributed by atoms with van der Waals surface area (Å²) >= 11 is 0. The predicted octanol–water partition coefficient (Wildman–Crippen LogP) is 3.79. The Bertz CT molecular complexity index is 1060. The summed E-state index contributed by atoms with van der Waals surface area (Å²) in [5, 5.41) is 4.14. The lowest BCUT2D eigenvalue weighted by molar-refractivity contribution is 0.0646. The molecule has 0 unspecified atom stereocenters. The van der Waals surface area contributed by atoms with Crippen molar-refractivity contribution in [2.75, 3.05) is 25.5 Å². The van der Waals surface area contributed by atoms with Gasteiger partial charge in [0, 0.05) is 36.3 Å². The second-order valence-electron chi connectivity index (χ2n) is 7.07. The molecule has 7 heteroatoms. The van der Waals surface area contributed by atoms with Crippen molar-refractivity contribution in [3.8, 4) is 5.75 Å². The number of amides is 1. The second kappa shape index (κ2) is 7.14. The van der Waals surface area contributed by atoms with Crippen LogP contribution in [0.3, 0.4) is 0 Å². The van der Waals surface area contributed by atoms with E-state index in [0.717, 1.165) is 41.7 Å². The van der Waals surface area contributed by atoms with Crippen LogP contribution in [-0.2, 0) is 6.54 Å². The van der Waals surface area contributed by atoms with Gasteiger partial charge in [-0.2, -0.15) is 0 Å². The van der Waals surface area contributed by atoms with Crippen LogP contribution in [-0.4, -0.2) is 41.0 Å². The van der Waals surface area contributed by atoms with Gasteiger partial charge in [0.15, 0.2) is 5.82 Å². The maximum absolute atomic E-state index is 14.3. The number of ether oxygens (including phenoxy) is 1. The van der Waals surface area contributed by atoms with Gasteiger partial charge in [-0.25, -0.2) is 9.37 Å². The van der Waals surface area contributed by atoms with Crippen molar-refractivity contribution in [1.29, 1.82) is 0 Å². The Morgan fingerprint density at radius 1 is 1.36 bits per heavy atom. The number of likely N-dealkylation sites (tertiary alicyclic amines) is 1. The number of pyridine rings is 1. The lowest BCUT2D eigenvalue weighted by atomic mass is 10.1. The molecule has 4 rings (SSSR count). The van der Waals surface area contributed by atoms with E-state index in [9.17, 15) is 9.18 Å². The number of nitrogens with zero attached hydrogens (tertiary/aromatic N) is 2. The molecule has 0 bridgehead atoms. The summed E-state index contributed by atoms with van der Waals surface area (Å²) in [6, 6.07) is 6.56. The molecule has 0 saturated carbocycles. The average molecular weight is 382 g/mol. The lowest BCUT2D eigenvalue weighted by Crippen LogP contribution is -2.42. The van der Waals surface area contributed by atoms with Crippen LogP contribution in [0.1, 0.15) is 33.7 Å². The number of H-pyrrole nitrogens is 1. The van der Waals surface area contributed by atoms with Crippen molar-refractivity contribution in [2.24, 2.45) is 0 Å². The minimum absolute atomic E-state index is 0.0714. The van der Waals surface area contributed by atoms with Gasteiger partial charge >= 0.3 is 0 Å². The summed E-state index contributed by atoms with van der Waals surface area (Å²) in [7, 11) is 1.51. The van der Waals surface area contributed by atoms with Gasteiger partial charge < -0.3 is 19.9 Å². The summed E-state index contributed by atoms with van der Waals surface area (Å²) in [6.45, 7) is 5.71. The number of nitrogens with one attached hydrogen (secondary N) is 2. The van der Waals surface area contributed by atoms with E-state index < -0.39 is 0 Å². The molecule has 0 aliphatic carbocycles. The quantitative estimate of drug-likeness (QED) is 0.704. The van der Waals surface area contributed by atoms with E-state index in [2.05, 4.69) is 15.3 Å². The Morgan fingerprint density at radius 2 is 2.14 bits per heavy atom. The molecular weight excluding hydrogens is 359 g/mol. The van der Waals surface area contributed by atoms with Gasteiger partial charge in [0.2, 0.25) is 0 Å². The zero-order chi connectivity index (χ0) is 19.8. The molecule has 0 spiro atoms. The fourth-order valence-electron chi connectivity index (χ4n) is 3.44. The number of halogens is 1. The van der Waals surface area contributed by atoms with Crippen LogP contribution >= 0.6 is 0 Å². The van der Waals surface area contributed by atoms with Gasteiger partial charge in [-0.15, -0.1) is 0 Å². The Labute approximate surface area is 162 Å². The maximum Gasteiger partial charge on any atom is 0.272 e. The van der Waals surface area contributed by atoms with Gasteiger partial charge in [0.1, 0.15) is 17.3 Å². The van der Waals surface area contributed by atoms with Crippen molar-refractivity contribution in [3.05, 3.63) is 52.6 Å². The fourth-order valence-corrected chi connectivity index (χ4v) is 3.44. The van der Waals surface area contributed by atoms with Gasteiger partial charge in [0.25, 0.3) is 5.91 Å². The van der Waals surface area contributed by atoms with Crippen LogP contribution in [0.25, 0.3) is 10.9 Å². The fraction of sp³-hybridized carbons (Fsp3) is 0.333. The highest BCUT2D eigenvalue weighted by Crippen LogP contribution is 2.29. The molecule has 6 nitrogen and oxygen atoms in total. The number of carbonyl (C=O) groups is 1. The number of carbonyl (C=O) groups excluding carboxylic acids is 1. The Balaban J connectivity index is 1.73. The smallest absolute Gasteiger partial charge is 0.272 e. The first-order valence-electron chi connectivity index (χ1n) is 9.34. The molecule has 3 aromatic rings. The zero-order valence-corrected chi connectivity index (χ0v) is 16.2. The molecule has 28 heavy (non-hydrogen) atoms. The topological polar surface area (TPSA) is 70.2 Å². The minimum atomic E-state index is -0.352. The molecule has 2 N–H and O–H groups in total. The standard InChI is InChI=1S/C21H23FN4O2/c1-12-13(2)24-19-14(12)10-17(21(27)26-8-5-9-26)25-20(19)23-11-15-16(22)6-4-7-18(15)28-3/h4,6-7,10,24H,5,8-9,11H2,1-3H3,(H,23,25). The number of aryl methyl sites for hydroxylation is 2. The number of aromatic nitrogens is 2. The molecule has 1 aromatic carbocycles. The number of anilines is 1. The number of benzene rings is 1. The largest absolute Gasteiger partial charge is 0.496 e. The van der Waals surface area contributed by atoms with Crippen molar-refractivity contribution in [1.82, 2.24) is 14.9 Å². The summed E-state index contributed by atoms with van der Waals surface area (Å²) in [4.78, 5) is 22.4. The number of hydrogen-bond acceptors (Lipinski definition) is 4. The van der Waals surface area contributed by atoms with E-state index in [4.69, 9.17) is 4.74 Å². The van der Waals surface area contributed by atoms with Gasteiger partial charge in [-0.3, -0.25) is 4.79 Å². The lowest BCUT2D eigenvalue weighted by Gasteiger charge is -2.30. The van der Waals surface area contributed by atoms with Crippen LogP contribution in [0.15, 0.2) is 24.3 Å². The monoisotopic (exact) mass is 382 g/mol. The van der Waals surface area contributed by atoms with Crippen LogP contribution in [0.5, 0.6) is 5.75 Å². The molecular formula is C21H23FN4O2. The summed E-state index contributed by atoms with van der Waals surface area (Å²) < 4.78 is 19.6. The van der Waals surface area contributed by atoms with E-state index in [1.807, 2.05) is 19.9 Å². The highest BCUT2D eigenvalue weighted by atomic mass is 19.1. The van der Waals surface area contributed by atoms with Crippen LogP contribution in [0.2, 0.25) is 0 Å². The number of fused-ring (bicyclic) bond motifs is 1. The Hall–Kier alpha value is -3.09. The first kappa shape index (κ1) is 18.3. The minimum Gasteiger partial charge on any atom is -0.496 e. The van der Waals surface area contributed by atoms with Crippen molar-refractivity contribution < 1.29 is 13.9 Å². The van der Waals surface area contributed by atoms with Crippen LogP contribution in [0, 0.1) is 19.7 Å².